The van der Waals surface area contributed by atoms with Crippen molar-refractivity contribution in [1.29, 1.82) is 0 Å². The Labute approximate surface area is 123 Å². The summed E-state index contributed by atoms with van der Waals surface area (Å²) in [6, 6.07) is 8.45. The lowest BCUT2D eigenvalue weighted by Crippen LogP contribution is -2.07. The summed E-state index contributed by atoms with van der Waals surface area (Å²) < 4.78 is 39.4. The van der Waals surface area contributed by atoms with Crippen molar-refractivity contribution in [2.24, 2.45) is 0 Å². The predicted octanol–water partition coefficient (Wildman–Crippen LogP) is 4.52. The number of carbonyl (C=O) groups excluding carboxylic acids is 1. The zero-order chi connectivity index (χ0) is 15.2. The molecule has 2 nitrogen and oxygen atoms in total. The number of alkyl halides is 3. The molecule has 1 N–H and O–H groups in total. The third kappa shape index (κ3) is 2.61. The molecule has 2 aromatic carbocycles. The van der Waals surface area contributed by atoms with Crippen molar-refractivity contribution in [2.45, 2.75) is 12.6 Å². The summed E-state index contributed by atoms with van der Waals surface area (Å²) in [7, 11) is 0. The maximum absolute atomic E-state index is 13.1. The number of carbonyl (C=O) groups is 1. The van der Waals surface area contributed by atoms with E-state index in [0.717, 1.165) is 6.07 Å². The van der Waals surface area contributed by atoms with E-state index in [4.69, 9.17) is 11.6 Å². The second-order valence-electron chi connectivity index (χ2n) is 4.78. The van der Waals surface area contributed by atoms with Gasteiger partial charge in [-0.05, 0) is 41.0 Å². The first-order chi connectivity index (χ1) is 9.84. The molecular formula is C15H9ClF3NO. The molecular weight excluding hydrogens is 303 g/mol. The first kappa shape index (κ1) is 13.9. The summed E-state index contributed by atoms with van der Waals surface area (Å²) in [6.45, 7) is 0. The third-order valence-corrected chi connectivity index (χ3v) is 3.56. The number of anilines is 1. The van der Waals surface area contributed by atoms with Crippen LogP contribution in [0.3, 0.4) is 0 Å². The largest absolute Gasteiger partial charge is 0.417 e. The molecule has 1 aliphatic rings. The average molecular weight is 312 g/mol. The number of halogens is 4. The number of amides is 1. The lowest BCUT2D eigenvalue weighted by atomic mass is 9.97. The third-order valence-electron chi connectivity index (χ3n) is 3.33. The van der Waals surface area contributed by atoms with E-state index in [9.17, 15) is 18.0 Å². The monoisotopic (exact) mass is 311 g/mol. The van der Waals surface area contributed by atoms with Crippen LogP contribution in [0.2, 0.25) is 5.02 Å². The van der Waals surface area contributed by atoms with Crippen LogP contribution in [0.15, 0.2) is 36.4 Å². The second-order valence-corrected chi connectivity index (χ2v) is 5.22. The summed E-state index contributed by atoms with van der Waals surface area (Å²) in [6.07, 6.45) is -4.31. The van der Waals surface area contributed by atoms with Gasteiger partial charge in [-0.2, -0.15) is 13.2 Å². The first-order valence-electron chi connectivity index (χ1n) is 6.14. The summed E-state index contributed by atoms with van der Waals surface area (Å²) in [5.41, 5.74) is 1.02. The topological polar surface area (TPSA) is 29.1 Å². The normalized spacial score (nSPS) is 14.0. The summed E-state index contributed by atoms with van der Waals surface area (Å²) in [5.74, 6) is -0.158. The number of nitrogens with one attached hydrogen (secondary N) is 1. The molecule has 1 aliphatic heterocycles. The molecule has 0 saturated heterocycles. The molecule has 0 saturated carbocycles. The van der Waals surface area contributed by atoms with E-state index >= 15 is 0 Å². The molecule has 0 unspecified atom stereocenters. The minimum atomic E-state index is -4.49. The highest BCUT2D eigenvalue weighted by Gasteiger charge is 2.34. The number of fused-ring (bicyclic) bond motifs is 1. The zero-order valence-corrected chi connectivity index (χ0v) is 11.3. The quantitative estimate of drug-likeness (QED) is 0.824. The van der Waals surface area contributed by atoms with Crippen LogP contribution < -0.4 is 5.32 Å². The molecule has 108 valence electrons. The molecule has 21 heavy (non-hydrogen) atoms. The van der Waals surface area contributed by atoms with Crippen LogP contribution in [0.5, 0.6) is 0 Å². The lowest BCUT2D eigenvalue weighted by Gasteiger charge is -2.14. The smallest absolute Gasteiger partial charge is 0.326 e. The van der Waals surface area contributed by atoms with Crippen LogP contribution in [0, 0.1) is 0 Å². The Hall–Kier alpha value is -2.01. The fourth-order valence-electron chi connectivity index (χ4n) is 2.40. The van der Waals surface area contributed by atoms with Crippen molar-refractivity contribution in [2.75, 3.05) is 5.32 Å². The van der Waals surface area contributed by atoms with Crippen LogP contribution >= 0.6 is 11.6 Å². The van der Waals surface area contributed by atoms with Gasteiger partial charge < -0.3 is 5.32 Å². The van der Waals surface area contributed by atoms with Crippen LogP contribution in [0.4, 0.5) is 18.9 Å². The Morgan fingerprint density at radius 1 is 1.10 bits per heavy atom. The molecule has 0 atom stereocenters. The van der Waals surface area contributed by atoms with Gasteiger partial charge in [0, 0.05) is 10.7 Å². The zero-order valence-electron chi connectivity index (χ0n) is 10.6. The molecule has 0 radical (unpaired) electrons. The fraction of sp³-hybridized carbons (Fsp3) is 0.133. The van der Waals surface area contributed by atoms with E-state index in [1.54, 1.807) is 18.2 Å². The maximum atomic E-state index is 13.1. The fourth-order valence-corrected chi connectivity index (χ4v) is 2.57. The van der Waals surface area contributed by atoms with Crippen LogP contribution in [0.1, 0.15) is 11.1 Å². The summed E-state index contributed by atoms with van der Waals surface area (Å²) in [5, 5.41) is 2.68. The minimum Gasteiger partial charge on any atom is -0.326 e. The van der Waals surface area contributed by atoms with Crippen molar-refractivity contribution in [1.82, 2.24) is 0 Å². The van der Waals surface area contributed by atoms with Gasteiger partial charge in [0.05, 0.1) is 12.0 Å². The van der Waals surface area contributed by atoms with Gasteiger partial charge in [0.2, 0.25) is 5.91 Å². The lowest BCUT2D eigenvalue weighted by molar-refractivity contribution is -0.137. The van der Waals surface area contributed by atoms with Gasteiger partial charge in [-0.15, -0.1) is 0 Å². The van der Waals surface area contributed by atoms with E-state index in [2.05, 4.69) is 5.32 Å². The Morgan fingerprint density at radius 2 is 1.86 bits per heavy atom. The van der Waals surface area contributed by atoms with Gasteiger partial charge in [-0.1, -0.05) is 23.7 Å². The predicted molar refractivity (Wildman–Crippen MR) is 74.2 cm³/mol. The van der Waals surface area contributed by atoms with Crippen molar-refractivity contribution < 1.29 is 18.0 Å². The van der Waals surface area contributed by atoms with Gasteiger partial charge in [0.15, 0.2) is 0 Å². The maximum Gasteiger partial charge on any atom is 0.417 e. The molecule has 0 fully saturated rings. The van der Waals surface area contributed by atoms with Crippen LogP contribution in [-0.4, -0.2) is 5.91 Å². The van der Waals surface area contributed by atoms with Crippen LogP contribution in [-0.2, 0) is 17.4 Å². The van der Waals surface area contributed by atoms with Gasteiger partial charge in [0.1, 0.15) is 0 Å². The highest BCUT2D eigenvalue weighted by Crippen LogP contribution is 2.39. The molecule has 6 heteroatoms. The average Bonchev–Trinajstić information content (AvgIpc) is 2.76. The van der Waals surface area contributed by atoms with E-state index in [-0.39, 0.29) is 22.9 Å². The van der Waals surface area contributed by atoms with Gasteiger partial charge in [-0.3, -0.25) is 4.79 Å². The second kappa shape index (κ2) is 4.77. The Kier molecular flexibility index (Phi) is 3.17. The Bertz CT molecular complexity index is 740. The van der Waals surface area contributed by atoms with Crippen molar-refractivity contribution in [3.8, 4) is 11.1 Å². The van der Waals surface area contributed by atoms with Crippen molar-refractivity contribution in [3.05, 3.63) is 52.5 Å². The summed E-state index contributed by atoms with van der Waals surface area (Å²) in [4.78, 5) is 11.3. The molecule has 1 amide bonds. The molecule has 0 aliphatic carbocycles. The molecule has 0 bridgehead atoms. The first-order valence-corrected chi connectivity index (χ1v) is 6.52. The molecule has 1 heterocycles. The van der Waals surface area contributed by atoms with E-state index < -0.39 is 11.7 Å². The number of hydrogen-bond donors (Lipinski definition) is 1. The number of rotatable bonds is 1. The highest BCUT2D eigenvalue weighted by atomic mass is 35.5. The highest BCUT2D eigenvalue weighted by molar-refractivity contribution is 6.30. The van der Waals surface area contributed by atoms with E-state index in [1.165, 1.54) is 12.1 Å². The molecule has 0 aromatic heterocycles. The Morgan fingerprint density at radius 3 is 2.57 bits per heavy atom. The van der Waals surface area contributed by atoms with Crippen molar-refractivity contribution >= 4 is 23.2 Å². The standard InChI is InChI=1S/C15H9ClF3NO/c16-10-2-3-11(12(7-10)15(17,18)19)8-1-4-13-9(5-8)6-14(21)20-13/h1-5,7H,6H2,(H,20,21). The van der Waals surface area contributed by atoms with Crippen molar-refractivity contribution in [3.63, 3.8) is 0 Å². The molecule has 0 spiro atoms. The van der Waals surface area contributed by atoms with E-state index in [0.29, 0.717) is 16.8 Å². The van der Waals surface area contributed by atoms with Gasteiger partial charge in [0.25, 0.3) is 0 Å². The minimum absolute atomic E-state index is 0.0316. The van der Waals surface area contributed by atoms with E-state index in [1.807, 2.05) is 0 Å². The Balaban J connectivity index is 2.14. The van der Waals surface area contributed by atoms with Crippen LogP contribution in [0.25, 0.3) is 11.1 Å². The summed E-state index contributed by atoms with van der Waals surface area (Å²) >= 11 is 5.67. The number of benzene rings is 2. The SMILES string of the molecule is O=C1Cc2cc(-c3ccc(Cl)cc3C(F)(F)F)ccc2N1. The molecule has 2 aromatic rings. The molecule has 3 rings (SSSR count). The van der Waals surface area contributed by atoms with Gasteiger partial charge in [-0.25, -0.2) is 0 Å². The number of hydrogen-bond acceptors (Lipinski definition) is 1. The van der Waals surface area contributed by atoms with Gasteiger partial charge >= 0.3 is 6.18 Å².